The van der Waals surface area contributed by atoms with E-state index < -0.39 is 0 Å². The molecule has 0 aliphatic heterocycles. The topological polar surface area (TPSA) is 49.2 Å². The molecule has 0 aliphatic rings. The van der Waals surface area contributed by atoms with Crippen LogP contribution in [0.25, 0.3) is 31.9 Å². The maximum atomic E-state index is 9.88. The zero-order valence-corrected chi connectivity index (χ0v) is 12.6. The highest BCUT2D eigenvalue weighted by Gasteiger charge is 2.12. The van der Waals surface area contributed by atoms with Crippen molar-refractivity contribution in [1.29, 1.82) is 0 Å². The van der Waals surface area contributed by atoms with Gasteiger partial charge >= 0.3 is 0 Å². The fourth-order valence-corrected chi connectivity index (χ4v) is 2.49. The SMILES string of the molecule is [C-]#[N+]c1ccc(-c2cc(O)c(O)cc2-c2ccc([N+]#[C-])cc2)cc1. The second-order valence-corrected chi connectivity index (χ2v) is 5.20. The van der Waals surface area contributed by atoms with Gasteiger partial charge in [-0.3, -0.25) is 0 Å². The van der Waals surface area contributed by atoms with E-state index >= 15 is 0 Å². The summed E-state index contributed by atoms with van der Waals surface area (Å²) in [7, 11) is 0. The normalized spacial score (nSPS) is 9.92. The minimum absolute atomic E-state index is 0.208. The Morgan fingerprint density at radius 1 is 0.583 bits per heavy atom. The third-order valence-electron chi connectivity index (χ3n) is 3.73. The molecule has 3 rings (SSSR count). The van der Waals surface area contributed by atoms with Gasteiger partial charge in [-0.05, 0) is 34.4 Å². The summed E-state index contributed by atoms with van der Waals surface area (Å²) >= 11 is 0. The number of hydrogen-bond acceptors (Lipinski definition) is 2. The maximum absolute atomic E-state index is 9.88. The molecule has 0 bridgehead atoms. The molecule has 2 N–H and O–H groups in total. The number of nitrogens with zero attached hydrogens (tertiary/aromatic N) is 2. The van der Waals surface area contributed by atoms with E-state index in [4.69, 9.17) is 13.1 Å². The summed E-state index contributed by atoms with van der Waals surface area (Å²) in [5, 5.41) is 19.8. The van der Waals surface area contributed by atoms with Crippen LogP contribution < -0.4 is 0 Å². The fourth-order valence-electron chi connectivity index (χ4n) is 2.49. The molecule has 0 unspecified atom stereocenters. The number of phenols is 2. The average molecular weight is 312 g/mol. The molecule has 114 valence electrons. The molecule has 4 heteroatoms. The lowest BCUT2D eigenvalue weighted by Crippen LogP contribution is -1.86. The second kappa shape index (κ2) is 6.16. The highest BCUT2D eigenvalue weighted by atomic mass is 16.3. The molecule has 4 nitrogen and oxygen atoms in total. The average Bonchev–Trinajstić information content (AvgIpc) is 2.64. The molecule has 0 amide bonds. The lowest BCUT2D eigenvalue weighted by atomic mass is 9.93. The van der Waals surface area contributed by atoms with Crippen LogP contribution in [0.15, 0.2) is 60.7 Å². The van der Waals surface area contributed by atoms with Crippen LogP contribution in [0.4, 0.5) is 11.4 Å². The Bertz CT molecular complexity index is 894. The Kier molecular flexibility index (Phi) is 3.89. The fraction of sp³-hybridized carbons (Fsp3) is 0. The third kappa shape index (κ3) is 2.77. The van der Waals surface area contributed by atoms with Crippen molar-refractivity contribution in [2.45, 2.75) is 0 Å². The van der Waals surface area contributed by atoms with Gasteiger partial charge in [0.25, 0.3) is 0 Å². The van der Waals surface area contributed by atoms with Crippen LogP contribution in [0.2, 0.25) is 0 Å². The first-order chi connectivity index (χ1) is 11.6. The molecule has 0 aromatic heterocycles. The van der Waals surface area contributed by atoms with Gasteiger partial charge in [-0.25, -0.2) is 9.69 Å². The number of hydrogen-bond donors (Lipinski definition) is 2. The van der Waals surface area contributed by atoms with Crippen LogP contribution in [0.5, 0.6) is 11.5 Å². The van der Waals surface area contributed by atoms with E-state index in [1.807, 2.05) is 0 Å². The third-order valence-corrected chi connectivity index (χ3v) is 3.73. The van der Waals surface area contributed by atoms with E-state index in [1.165, 1.54) is 12.1 Å². The molecule has 3 aromatic rings. The highest BCUT2D eigenvalue weighted by Crippen LogP contribution is 2.40. The summed E-state index contributed by atoms with van der Waals surface area (Å²) < 4.78 is 0. The van der Waals surface area contributed by atoms with Gasteiger partial charge in [0.15, 0.2) is 22.9 Å². The van der Waals surface area contributed by atoms with E-state index in [9.17, 15) is 10.2 Å². The van der Waals surface area contributed by atoms with Gasteiger partial charge in [0.1, 0.15) is 0 Å². The lowest BCUT2D eigenvalue weighted by Gasteiger charge is -2.12. The van der Waals surface area contributed by atoms with Crippen molar-refractivity contribution < 1.29 is 10.2 Å². The minimum Gasteiger partial charge on any atom is -0.504 e. The molecule has 3 aromatic carbocycles. The predicted molar refractivity (Wildman–Crippen MR) is 93.2 cm³/mol. The Morgan fingerprint density at radius 3 is 1.21 bits per heavy atom. The smallest absolute Gasteiger partial charge is 0.187 e. The molecule has 0 aliphatic carbocycles. The van der Waals surface area contributed by atoms with E-state index in [2.05, 4.69) is 9.69 Å². The molecule has 0 radical (unpaired) electrons. The lowest BCUT2D eigenvalue weighted by molar-refractivity contribution is 0.404. The summed E-state index contributed by atoms with van der Waals surface area (Å²) in [6, 6.07) is 17.0. The van der Waals surface area contributed by atoms with Gasteiger partial charge in [0.2, 0.25) is 0 Å². The maximum Gasteiger partial charge on any atom is 0.187 e. The van der Waals surface area contributed by atoms with E-state index in [-0.39, 0.29) is 11.5 Å². The van der Waals surface area contributed by atoms with Gasteiger partial charge < -0.3 is 10.2 Å². The first kappa shape index (κ1) is 15.1. The van der Waals surface area contributed by atoms with Crippen LogP contribution in [-0.4, -0.2) is 10.2 Å². The van der Waals surface area contributed by atoms with Crippen molar-refractivity contribution in [2.75, 3.05) is 0 Å². The van der Waals surface area contributed by atoms with Crippen LogP contribution in [0, 0.1) is 13.1 Å². The Hall–Kier alpha value is -3.76. The van der Waals surface area contributed by atoms with E-state index in [1.54, 1.807) is 48.5 Å². The van der Waals surface area contributed by atoms with Gasteiger partial charge in [-0.2, -0.15) is 0 Å². The Morgan fingerprint density at radius 2 is 0.917 bits per heavy atom. The monoisotopic (exact) mass is 312 g/mol. The van der Waals surface area contributed by atoms with Crippen molar-refractivity contribution in [3.05, 3.63) is 83.5 Å². The Labute approximate surface area is 139 Å². The summed E-state index contributed by atoms with van der Waals surface area (Å²) in [6.45, 7) is 14.0. The summed E-state index contributed by atoms with van der Waals surface area (Å²) in [4.78, 5) is 6.74. The van der Waals surface area contributed by atoms with Crippen LogP contribution in [-0.2, 0) is 0 Å². The molecule has 24 heavy (non-hydrogen) atoms. The van der Waals surface area contributed by atoms with Crippen molar-refractivity contribution >= 4 is 11.4 Å². The molecule has 0 saturated heterocycles. The van der Waals surface area contributed by atoms with Crippen molar-refractivity contribution in [3.8, 4) is 33.8 Å². The molecule has 0 atom stereocenters. The van der Waals surface area contributed by atoms with Crippen molar-refractivity contribution in [1.82, 2.24) is 0 Å². The number of aromatic hydroxyl groups is 2. The van der Waals surface area contributed by atoms with Crippen molar-refractivity contribution in [3.63, 3.8) is 0 Å². The molecular weight excluding hydrogens is 300 g/mol. The van der Waals surface area contributed by atoms with Crippen LogP contribution in [0.1, 0.15) is 0 Å². The molecule has 0 spiro atoms. The molecule has 0 heterocycles. The first-order valence-corrected chi connectivity index (χ1v) is 7.14. The summed E-state index contributed by atoms with van der Waals surface area (Å²) in [5.41, 5.74) is 4.17. The van der Waals surface area contributed by atoms with Gasteiger partial charge in [-0.1, -0.05) is 48.5 Å². The summed E-state index contributed by atoms with van der Waals surface area (Å²) in [6.07, 6.45) is 0. The molecule has 0 saturated carbocycles. The number of rotatable bonds is 2. The van der Waals surface area contributed by atoms with Crippen LogP contribution in [0.3, 0.4) is 0 Å². The zero-order chi connectivity index (χ0) is 17.1. The van der Waals surface area contributed by atoms with E-state index in [0.717, 1.165) is 22.3 Å². The second-order valence-electron chi connectivity index (χ2n) is 5.20. The highest BCUT2D eigenvalue weighted by molar-refractivity contribution is 5.86. The number of phenolic OH excluding ortho intramolecular Hbond substituents is 2. The van der Waals surface area contributed by atoms with Crippen molar-refractivity contribution in [2.24, 2.45) is 0 Å². The summed E-state index contributed by atoms with van der Waals surface area (Å²) in [5.74, 6) is -0.415. The van der Waals surface area contributed by atoms with Gasteiger partial charge in [-0.15, -0.1) is 0 Å². The van der Waals surface area contributed by atoms with E-state index in [0.29, 0.717) is 11.4 Å². The Balaban J connectivity index is 2.19. The predicted octanol–water partition coefficient (Wildman–Crippen LogP) is 5.53. The van der Waals surface area contributed by atoms with Gasteiger partial charge in [0, 0.05) is 0 Å². The van der Waals surface area contributed by atoms with Gasteiger partial charge in [0.05, 0.1) is 13.1 Å². The zero-order valence-electron chi connectivity index (χ0n) is 12.6. The standard InChI is InChI=1S/C20H12N2O2/c1-21-15-7-3-13(4-8-15)17-11-19(23)20(24)12-18(17)14-5-9-16(22-2)10-6-14/h3-12,23-24H. The molecular formula is C20H12N2O2. The first-order valence-electron chi connectivity index (χ1n) is 7.14. The largest absolute Gasteiger partial charge is 0.504 e. The molecule has 0 fully saturated rings. The number of benzene rings is 3. The quantitative estimate of drug-likeness (QED) is 0.482. The minimum atomic E-state index is -0.208. The van der Waals surface area contributed by atoms with Crippen LogP contribution >= 0.6 is 0 Å².